The molecule has 1 aromatic carbocycles. The molecule has 0 radical (unpaired) electrons. The second kappa shape index (κ2) is 4.98. The van der Waals surface area contributed by atoms with Crippen LogP contribution in [-0.4, -0.2) is 11.9 Å². The maximum atomic E-state index is 11.5. The van der Waals surface area contributed by atoms with Crippen molar-refractivity contribution >= 4 is 40.1 Å². The van der Waals surface area contributed by atoms with Crippen LogP contribution in [0.2, 0.25) is 5.02 Å². The van der Waals surface area contributed by atoms with Crippen molar-refractivity contribution in [3.8, 4) is 0 Å². The first-order chi connectivity index (χ1) is 6.50. The van der Waals surface area contributed by atoms with E-state index >= 15 is 0 Å². The molecule has 0 aliphatic rings. The summed E-state index contributed by atoms with van der Waals surface area (Å²) in [4.78, 5) is 11.5. The summed E-state index contributed by atoms with van der Waals surface area (Å²) in [5.41, 5.74) is 0.601. The first-order valence-electron chi connectivity index (χ1n) is 4.26. The molecule has 1 amide bonds. The second-order valence-corrected chi connectivity index (χ2v) is 4.83. The van der Waals surface area contributed by atoms with Crippen molar-refractivity contribution in [1.82, 2.24) is 5.32 Å². The Morgan fingerprint density at radius 3 is 2.64 bits per heavy atom. The van der Waals surface area contributed by atoms with E-state index in [2.05, 4.69) is 27.9 Å². The minimum absolute atomic E-state index is 0.0849. The fraction of sp³-hybridized carbons (Fsp3) is 0.300. The van der Waals surface area contributed by atoms with Gasteiger partial charge in [-0.1, -0.05) is 11.6 Å². The molecule has 1 N–H and O–H groups in total. The van der Waals surface area contributed by atoms with E-state index in [-0.39, 0.29) is 11.9 Å². The first kappa shape index (κ1) is 11.8. The molecule has 14 heavy (non-hydrogen) atoms. The van der Waals surface area contributed by atoms with Gasteiger partial charge in [0.15, 0.2) is 0 Å². The van der Waals surface area contributed by atoms with Gasteiger partial charge >= 0.3 is 0 Å². The van der Waals surface area contributed by atoms with Crippen molar-refractivity contribution in [1.29, 1.82) is 0 Å². The van der Waals surface area contributed by atoms with Crippen LogP contribution in [-0.2, 0) is 0 Å². The van der Waals surface area contributed by atoms with Crippen LogP contribution in [0.15, 0.2) is 18.2 Å². The van der Waals surface area contributed by atoms with E-state index in [1.165, 1.54) is 0 Å². The topological polar surface area (TPSA) is 29.1 Å². The molecule has 1 aromatic rings. The Morgan fingerprint density at radius 2 is 2.14 bits per heavy atom. The summed E-state index contributed by atoms with van der Waals surface area (Å²) in [5.74, 6) is -0.0849. The lowest BCUT2D eigenvalue weighted by molar-refractivity contribution is 0.0943. The fourth-order valence-corrected chi connectivity index (χ4v) is 1.50. The van der Waals surface area contributed by atoms with Gasteiger partial charge < -0.3 is 5.32 Å². The molecule has 0 heterocycles. The van der Waals surface area contributed by atoms with Crippen LogP contribution < -0.4 is 5.32 Å². The van der Waals surface area contributed by atoms with E-state index in [1.54, 1.807) is 12.1 Å². The Kier molecular flexibility index (Phi) is 4.19. The van der Waals surface area contributed by atoms with Gasteiger partial charge in [0.1, 0.15) is 0 Å². The van der Waals surface area contributed by atoms with Gasteiger partial charge in [-0.2, -0.15) is 0 Å². The van der Waals surface area contributed by atoms with Gasteiger partial charge in [-0.05, 0) is 54.6 Å². The number of hydrogen-bond acceptors (Lipinski definition) is 1. The second-order valence-electron chi connectivity index (χ2n) is 3.26. The van der Waals surface area contributed by atoms with Crippen LogP contribution in [0.1, 0.15) is 24.2 Å². The number of halogens is 2. The summed E-state index contributed by atoms with van der Waals surface area (Å²) in [6.07, 6.45) is 0. The maximum Gasteiger partial charge on any atom is 0.251 e. The van der Waals surface area contributed by atoms with Crippen molar-refractivity contribution in [2.24, 2.45) is 0 Å². The SMILES string of the molecule is CC(C)NC(=O)c1ccc(I)c(Cl)c1. The number of amides is 1. The summed E-state index contributed by atoms with van der Waals surface area (Å²) in [6, 6.07) is 5.42. The Bertz CT molecular complexity index is 352. The minimum Gasteiger partial charge on any atom is -0.350 e. The molecule has 0 aromatic heterocycles. The van der Waals surface area contributed by atoms with Crippen molar-refractivity contribution < 1.29 is 4.79 Å². The summed E-state index contributed by atoms with van der Waals surface area (Å²) < 4.78 is 0.949. The van der Waals surface area contributed by atoms with Crippen LogP contribution in [0, 0.1) is 3.57 Å². The summed E-state index contributed by atoms with van der Waals surface area (Å²) in [6.45, 7) is 3.85. The Balaban J connectivity index is 2.86. The third-order valence-electron chi connectivity index (χ3n) is 1.60. The van der Waals surface area contributed by atoms with Gasteiger partial charge in [0.05, 0.1) is 5.02 Å². The van der Waals surface area contributed by atoms with Gasteiger partial charge in [-0.15, -0.1) is 0 Å². The normalized spacial score (nSPS) is 10.4. The number of carbonyl (C=O) groups excluding carboxylic acids is 1. The molecular formula is C10H11ClINO. The molecule has 0 spiro atoms. The number of hydrogen-bond donors (Lipinski definition) is 1. The number of nitrogens with one attached hydrogen (secondary N) is 1. The minimum atomic E-state index is -0.0849. The largest absolute Gasteiger partial charge is 0.350 e. The van der Waals surface area contributed by atoms with E-state index in [9.17, 15) is 4.79 Å². The molecule has 0 saturated carbocycles. The third kappa shape index (κ3) is 3.13. The molecule has 1 rings (SSSR count). The van der Waals surface area contributed by atoms with Gasteiger partial charge in [-0.3, -0.25) is 4.79 Å². The van der Waals surface area contributed by atoms with Gasteiger partial charge in [-0.25, -0.2) is 0 Å². The van der Waals surface area contributed by atoms with Crippen molar-refractivity contribution in [3.63, 3.8) is 0 Å². The standard InChI is InChI=1S/C10H11ClINO/c1-6(2)13-10(14)7-3-4-9(12)8(11)5-7/h3-6H,1-2H3,(H,13,14). The quantitative estimate of drug-likeness (QED) is 0.833. The van der Waals surface area contributed by atoms with Crippen LogP contribution >= 0.6 is 34.2 Å². The Labute approximate surface area is 102 Å². The average Bonchev–Trinajstić information content (AvgIpc) is 2.08. The predicted molar refractivity (Wildman–Crippen MR) is 66.8 cm³/mol. The van der Waals surface area contributed by atoms with E-state index < -0.39 is 0 Å². The number of benzene rings is 1. The van der Waals surface area contributed by atoms with Gasteiger partial charge in [0, 0.05) is 15.2 Å². The predicted octanol–water partition coefficient (Wildman–Crippen LogP) is 3.08. The summed E-state index contributed by atoms with van der Waals surface area (Å²) in [5, 5.41) is 3.42. The lowest BCUT2D eigenvalue weighted by Crippen LogP contribution is -2.30. The molecule has 0 atom stereocenters. The molecule has 0 aliphatic carbocycles. The van der Waals surface area contributed by atoms with Crippen LogP contribution in [0.4, 0.5) is 0 Å². The van der Waals surface area contributed by atoms with Crippen molar-refractivity contribution in [2.75, 3.05) is 0 Å². The smallest absolute Gasteiger partial charge is 0.251 e. The molecule has 76 valence electrons. The van der Waals surface area contributed by atoms with Crippen molar-refractivity contribution in [3.05, 3.63) is 32.4 Å². The van der Waals surface area contributed by atoms with Crippen molar-refractivity contribution in [2.45, 2.75) is 19.9 Å². The molecule has 0 aliphatic heterocycles. The van der Waals surface area contributed by atoms with Gasteiger partial charge in [0.25, 0.3) is 5.91 Å². The average molecular weight is 324 g/mol. The molecule has 4 heteroatoms. The lowest BCUT2D eigenvalue weighted by Gasteiger charge is -2.08. The molecule has 0 fully saturated rings. The third-order valence-corrected chi connectivity index (χ3v) is 3.17. The summed E-state index contributed by atoms with van der Waals surface area (Å²) >= 11 is 8.03. The van der Waals surface area contributed by atoms with Crippen LogP contribution in [0.5, 0.6) is 0 Å². The van der Waals surface area contributed by atoms with E-state index in [0.717, 1.165) is 3.57 Å². The molecule has 0 unspecified atom stereocenters. The first-order valence-corrected chi connectivity index (χ1v) is 5.72. The van der Waals surface area contributed by atoms with E-state index in [0.29, 0.717) is 10.6 Å². The summed E-state index contributed by atoms with van der Waals surface area (Å²) in [7, 11) is 0. The molecule has 0 saturated heterocycles. The molecule has 0 bridgehead atoms. The maximum absolute atomic E-state index is 11.5. The van der Waals surface area contributed by atoms with Crippen LogP contribution in [0.3, 0.4) is 0 Å². The molecule has 2 nitrogen and oxygen atoms in total. The monoisotopic (exact) mass is 323 g/mol. The highest BCUT2D eigenvalue weighted by atomic mass is 127. The zero-order valence-corrected chi connectivity index (χ0v) is 10.9. The molecular weight excluding hydrogens is 312 g/mol. The zero-order chi connectivity index (χ0) is 10.7. The number of rotatable bonds is 2. The lowest BCUT2D eigenvalue weighted by atomic mass is 10.2. The van der Waals surface area contributed by atoms with Gasteiger partial charge in [0.2, 0.25) is 0 Å². The highest BCUT2D eigenvalue weighted by molar-refractivity contribution is 14.1. The van der Waals surface area contributed by atoms with E-state index in [1.807, 2.05) is 19.9 Å². The highest BCUT2D eigenvalue weighted by Crippen LogP contribution is 2.19. The Hall–Kier alpha value is -0.290. The Morgan fingerprint density at radius 1 is 1.50 bits per heavy atom. The van der Waals surface area contributed by atoms with E-state index in [4.69, 9.17) is 11.6 Å². The fourth-order valence-electron chi connectivity index (χ4n) is 0.983. The highest BCUT2D eigenvalue weighted by Gasteiger charge is 2.08. The van der Waals surface area contributed by atoms with Crippen LogP contribution in [0.25, 0.3) is 0 Å². The number of carbonyl (C=O) groups is 1. The zero-order valence-electron chi connectivity index (χ0n) is 7.97.